The fourth-order valence-electron chi connectivity index (χ4n) is 3.83. The summed E-state index contributed by atoms with van der Waals surface area (Å²) in [6.45, 7) is 0. The van der Waals surface area contributed by atoms with Crippen molar-refractivity contribution < 1.29 is 33.4 Å². The van der Waals surface area contributed by atoms with Gasteiger partial charge in [-0.15, -0.1) is 0 Å². The van der Waals surface area contributed by atoms with Gasteiger partial charge < -0.3 is 25.7 Å². The molecule has 0 atom stereocenters. The number of nitrogen functional groups attached to an aromatic ring is 2. The SMILES string of the molecule is Nc1ccc(Oc2ccc(N)cc2)cc1.O=C1OC(=O)c2cc(-c3cccc4c3C(=O)OC4=O)ccc21. The molecule has 0 fully saturated rings. The number of esters is 4. The first-order valence-electron chi connectivity index (χ1n) is 11.0. The van der Waals surface area contributed by atoms with Crippen molar-refractivity contribution in [2.75, 3.05) is 11.5 Å². The number of hydrogen-bond acceptors (Lipinski definition) is 9. The summed E-state index contributed by atoms with van der Waals surface area (Å²) in [4.78, 5) is 46.5. The van der Waals surface area contributed by atoms with Crippen LogP contribution >= 0.6 is 0 Å². The van der Waals surface area contributed by atoms with Gasteiger partial charge in [0.2, 0.25) is 0 Å². The smallest absolute Gasteiger partial charge is 0.347 e. The van der Waals surface area contributed by atoms with Crippen molar-refractivity contribution in [2.24, 2.45) is 0 Å². The fraction of sp³-hybridized carbons (Fsp3) is 0. The summed E-state index contributed by atoms with van der Waals surface area (Å²) in [5.74, 6) is -1.33. The minimum atomic E-state index is -0.729. The van der Waals surface area contributed by atoms with Crippen LogP contribution in [0.5, 0.6) is 11.5 Å². The Labute approximate surface area is 210 Å². The Morgan fingerprint density at radius 1 is 0.514 bits per heavy atom. The van der Waals surface area contributed by atoms with E-state index >= 15 is 0 Å². The molecule has 4 N–H and O–H groups in total. The van der Waals surface area contributed by atoms with Crippen LogP contribution in [0.4, 0.5) is 11.4 Å². The van der Waals surface area contributed by atoms with Crippen molar-refractivity contribution in [3.05, 3.63) is 107 Å². The summed E-state index contributed by atoms with van der Waals surface area (Å²) < 4.78 is 14.7. The van der Waals surface area contributed by atoms with E-state index in [1.54, 1.807) is 42.5 Å². The maximum Gasteiger partial charge on any atom is 0.347 e. The Bertz CT molecular complexity index is 1530. The van der Waals surface area contributed by atoms with Crippen LogP contribution in [0.1, 0.15) is 41.4 Å². The van der Waals surface area contributed by atoms with E-state index in [0.717, 1.165) is 22.9 Å². The number of cyclic esters (lactones) is 4. The van der Waals surface area contributed by atoms with Gasteiger partial charge >= 0.3 is 23.9 Å². The average Bonchev–Trinajstić information content (AvgIpc) is 3.36. The van der Waals surface area contributed by atoms with Gasteiger partial charge in [-0.2, -0.15) is 0 Å². The van der Waals surface area contributed by atoms with Gasteiger partial charge in [0, 0.05) is 11.4 Å². The van der Waals surface area contributed by atoms with Crippen LogP contribution in [-0.4, -0.2) is 23.9 Å². The molecule has 6 rings (SSSR count). The Morgan fingerprint density at radius 2 is 1.03 bits per heavy atom. The lowest BCUT2D eigenvalue weighted by Gasteiger charge is -2.06. The maximum absolute atomic E-state index is 11.8. The molecule has 0 aliphatic carbocycles. The summed E-state index contributed by atoms with van der Waals surface area (Å²) in [5.41, 5.74) is 14.2. The standard InChI is InChI=1S/C16H6O6.C12H12N2O/c17-13-9-5-4-7(6-11(9)15(19)21-13)8-2-1-3-10-12(8)16(20)22-14(10)18;13-9-1-5-11(6-2-9)15-12-7-3-10(14)4-8-12/h1-6H;1-8H,13-14H2. The third kappa shape index (κ3) is 4.61. The zero-order valence-corrected chi connectivity index (χ0v) is 19.1. The predicted octanol–water partition coefficient (Wildman–Crippen LogP) is 4.62. The number of nitrogens with two attached hydrogens (primary N) is 2. The number of hydrogen-bond donors (Lipinski definition) is 2. The van der Waals surface area contributed by atoms with Crippen LogP contribution in [-0.2, 0) is 9.47 Å². The van der Waals surface area contributed by atoms with E-state index in [1.807, 2.05) is 24.3 Å². The summed E-state index contributed by atoms with van der Waals surface area (Å²) in [6, 6.07) is 23.8. The van der Waals surface area contributed by atoms with Crippen molar-refractivity contribution in [1.82, 2.24) is 0 Å². The lowest BCUT2D eigenvalue weighted by atomic mass is 9.94. The highest BCUT2D eigenvalue weighted by molar-refractivity contribution is 6.19. The molecule has 182 valence electrons. The predicted molar refractivity (Wildman–Crippen MR) is 133 cm³/mol. The average molecular weight is 494 g/mol. The molecule has 9 heteroatoms. The molecule has 4 aromatic rings. The first kappa shape index (κ1) is 23.3. The van der Waals surface area contributed by atoms with Gasteiger partial charge in [-0.05, 0) is 77.9 Å². The van der Waals surface area contributed by atoms with Crippen LogP contribution in [0.15, 0.2) is 84.9 Å². The number of carbonyl (C=O) groups is 4. The highest BCUT2D eigenvalue weighted by Crippen LogP contribution is 2.33. The molecular weight excluding hydrogens is 476 g/mol. The molecule has 37 heavy (non-hydrogen) atoms. The van der Waals surface area contributed by atoms with E-state index in [0.29, 0.717) is 11.1 Å². The Morgan fingerprint density at radius 3 is 1.65 bits per heavy atom. The van der Waals surface area contributed by atoms with E-state index in [2.05, 4.69) is 9.47 Å². The molecular formula is C28H18N2O7. The van der Waals surface area contributed by atoms with Crippen molar-refractivity contribution in [1.29, 1.82) is 0 Å². The van der Waals surface area contributed by atoms with Gasteiger partial charge in [0.1, 0.15) is 11.5 Å². The number of anilines is 2. The summed E-state index contributed by atoms with van der Waals surface area (Å²) >= 11 is 0. The van der Waals surface area contributed by atoms with Gasteiger partial charge in [-0.3, -0.25) is 0 Å². The maximum atomic E-state index is 11.8. The molecule has 2 heterocycles. The van der Waals surface area contributed by atoms with Crippen LogP contribution in [0.3, 0.4) is 0 Å². The molecule has 0 unspecified atom stereocenters. The van der Waals surface area contributed by atoms with E-state index in [-0.39, 0.29) is 22.3 Å². The molecule has 2 aliphatic rings. The molecule has 0 spiro atoms. The Balaban J connectivity index is 0.000000164. The second-order valence-electron chi connectivity index (χ2n) is 8.08. The molecule has 0 saturated carbocycles. The second-order valence-corrected chi connectivity index (χ2v) is 8.08. The van der Waals surface area contributed by atoms with Crippen LogP contribution in [0, 0.1) is 0 Å². The summed E-state index contributed by atoms with van der Waals surface area (Å²) in [5, 5.41) is 0. The van der Waals surface area contributed by atoms with Gasteiger partial charge in [0.25, 0.3) is 0 Å². The van der Waals surface area contributed by atoms with Crippen molar-refractivity contribution in [3.63, 3.8) is 0 Å². The van der Waals surface area contributed by atoms with Gasteiger partial charge in [-0.1, -0.05) is 18.2 Å². The highest BCUT2D eigenvalue weighted by Gasteiger charge is 2.34. The van der Waals surface area contributed by atoms with E-state index < -0.39 is 23.9 Å². The molecule has 2 aliphatic heterocycles. The number of benzene rings is 4. The zero-order chi connectivity index (χ0) is 26.1. The quantitative estimate of drug-likeness (QED) is 0.236. The Hall–Kier alpha value is -5.44. The van der Waals surface area contributed by atoms with E-state index in [4.69, 9.17) is 16.2 Å². The largest absolute Gasteiger partial charge is 0.457 e. The van der Waals surface area contributed by atoms with Crippen LogP contribution in [0.25, 0.3) is 11.1 Å². The summed E-state index contributed by atoms with van der Waals surface area (Å²) in [6.07, 6.45) is 0. The van der Waals surface area contributed by atoms with E-state index in [1.165, 1.54) is 18.2 Å². The number of carbonyl (C=O) groups excluding carboxylic acids is 4. The van der Waals surface area contributed by atoms with Gasteiger partial charge in [-0.25, -0.2) is 19.2 Å². The van der Waals surface area contributed by atoms with Crippen LogP contribution < -0.4 is 16.2 Å². The second kappa shape index (κ2) is 9.31. The normalized spacial score (nSPS) is 13.2. The third-order valence-corrected chi connectivity index (χ3v) is 5.63. The van der Waals surface area contributed by atoms with Gasteiger partial charge in [0.05, 0.1) is 22.3 Å². The Kier molecular flexibility index (Phi) is 5.86. The van der Waals surface area contributed by atoms with Crippen molar-refractivity contribution in [3.8, 4) is 22.6 Å². The van der Waals surface area contributed by atoms with Crippen molar-refractivity contribution in [2.45, 2.75) is 0 Å². The molecule has 4 aromatic carbocycles. The molecule has 0 amide bonds. The third-order valence-electron chi connectivity index (χ3n) is 5.63. The number of rotatable bonds is 3. The fourth-order valence-corrected chi connectivity index (χ4v) is 3.83. The molecule has 0 bridgehead atoms. The zero-order valence-electron chi connectivity index (χ0n) is 19.1. The monoisotopic (exact) mass is 494 g/mol. The first-order valence-corrected chi connectivity index (χ1v) is 11.0. The minimum Gasteiger partial charge on any atom is -0.457 e. The molecule has 0 radical (unpaired) electrons. The summed E-state index contributed by atoms with van der Waals surface area (Å²) in [7, 11) is 0. The lowest BCUT2D eigenvalue weighted by molar-refractivity contribution is 0.0426. The number of fused-ring (bicyclic) bond motifs is 2. The minimum absolute atomic E-state index is 0.137. The number of ether oxygens (including phenoxy) is 3. The highest BCUT2D eigenvalue weighted by atomic mass is 16.6. The molecule has 0 aromatic heterocycles. The van der Waals surface area contributed by atoms with E-state index in [9.17, 15) is 19.2 Å². The van der Waals surface area contributed by atoms with Gasteiger partial charge in [0.15, 0.2) is 0 Å². The first-order chi connectivity index (χ1) is 17.8. The topological polar surface area (TPSA) is 148 Å². The van der Waals surface area contributed by atoms with Crippen LogP contribution in [0.2, 0.25) is 0 Å². The van der Waals surface area contributed by atoms with Crippen molar-refractivity contribution >= 4 is 35.3 Å². The lowest BCUT2D eigenvalue weighted by Crippen LogP contribution is -1.99. The molecule has 9 nitrogen and oxygen atoms in total. The molecule has 0 saturated heterocycles.